The molecular weight excluding hydrogens is 252 g/mol. The number of aliphatic imine (C=N–C) groups is 2. The van der Waals surface area contributed by atoms with Gasteiger partial charge in [0.2, 0.25) is 5.96 Å². The van der Waals surface area contributed by atoms with Crippen LogP contribution in [0.1, 0.15) is 57.5 Å². The Morgan fingerprint density at radius 2 is 2.20 bits per heavy atom. The van der Waals surface area contributed by atoms with Crippen LogP contribution in [0.25, 0.3) is 0 Å². The van der Waals surface area contributed by atoms with Crippen molar-refractivity contribution in [2.75, 3.05) is 0 Å². The van der Waals surface area contributed by atoms with Crippen LogP contribution in [-0.2, 0) is 13.0 Å². The SMILES string of the molecule is C=NC(N)=N[C@@H]1CCC[C@H](c2nnc3n2CCCC3)C1.[HH]. The van der Waals surface area contributed by atoms with Crippen molar-refractivity contribution in [2.45, 2.75) is 63.5 Å². The fraction of sp³-hybridized carbons (Fsp3) is 0.714. The Balaban J connectivity index is 0.00000161. The van der Waals surface area contributed by atoms with Gasteiger partial charge in [-0.2, -0.15) is 0 Å². The molecule has 1 aromatic heterocycles. The van der Waals surface area contributed by atoms with Gasteiger partial charge in [-0.15, -0.1) is 10.2 Å². The Hall–Kier alpha value is -1.72. The molecule has 0 radical (unpaired) electrons. The van der Waals surface area contributed by atoms with Crippen molar-refractivity contribution in [3.8, 4) is 0 Å². The fourth-order valence-corrected chi connectivity index (χ4v) is 3.38. The maximum Gasteiger partial charge on any atom is 0.214 e. The van der Waals surface area contributed by atoms with Gasteiger partial charge in [-0.3, -0.25) is 0 Å². The summed E-state index contributed by atoms with van der Waals surface area (Å²) in [4.78, 5) is 8.12. The van der Waals surface area contributed by atoms with Crippen LogP contribution in [0.3, 0.4) is 0 Å². The van der Waals surface area contributed by atoms with Gasteiger partial charge in [0.25, 0.3) is 0 Å². The summed E-state index contributed by atoms with van der Waals surface area (Å²) < 4.78 is 2.33. The molecule has 20 heavy (non-hydrogen) atoms. The summed E-state index contributed by atoms with van der Waals surface area (Å²) in [6.45, 7) is 4.49. The van der Waals surface area contributed by atoms with E-state index in [2.05, 4.69) is 31.5 Å². The molecule has 110 valence electrons. The number of aryl methyl sites for hydroxylation is 1. The van der Waals surface area contributed by atoms with E-state index in [-0.39, 0.29) is 7.47 Å². The summed E-state index contributed by atoms with van der Waals surface area (Å²) in [6, 6.07) is 0.246. The first kappa shape index (κ1) is 13.3. The maximum absolute atomic E-state index is 5.67. The molecule has 1 aromatic rings. The summed E-state index contributed by atoms with van der Waals surface area (Å²) in [5.74, 6) is 3.07. The lowest BCUT2D eigenvalue weighted by Gasteiger charge is -2.27. The number of aromatic nitrogens is 3. The lowest BCUT2D eigenvalue weighted by atomic mass is 9.85. The zero-order valence-corrected chi connectivity index (χ0v) is 11.8. The summed E-state index contributed by atoms with van der Waals surface area (Å²) in [5, 5.41) is 8.81. The second kappa shape index (κ2) is 5.73. The van der Waals surface area contributed by atoms with E-state index >= 15 is 0 Å². The van der Waals surface area contributed by atoms with Crippen molar-refractivity contribution < 1.29 is 1.43 Å². The van der Waals surface area contributed by atoms with Gasteiger partial charge in [0, 0.05) is 20.3 Å². The van der Waals surface area contributed by atoms with Crippen molar-refractivity contribution in [2.24, 2.45) is 15.7 Å². The van der Waals surface area contributed by atoms with Crippen LogP contribution in [0.4, 0.5) is 0 Å². The molecule has 0 bridgehead atoms. The molecule has 0 saturated heterocycles. The van der Waals surface area contributed by atoms with E-state index in [4.69, 9.17) is 5.73 Å². The highest BCUT2D eigenvalue weighted by Gasteiger charge is 2.28. The van der Waals surface area contributed by atoms with Crippen LogP contribution in [0.2, 0.25) is 0 Å². The van der Waals surface area contributed by atoms with E-state index in [1.165, 1.54) is 19.3 Å². The van der Waals surface area contributed by atoms with Crippen LogP contribution >= 0.6 is 0 Å². The summed E-state index contributed by atoms with van der Waals surface area (Å²) in [7, 11) is 0. The van der Waals surface area contributed by atoms with Crippen molar-refractivity contribution >= 4 is 12.7 Å². The predicted octanol–water partition coefficient (Wildman–Crippen LogP) is 1.90. The molecule has 0 spiro atoms. The molecule has 2 atom stereocenters. The quantitative estimate of drug-likeness (QED) is 0.661. The van der Waals surface area contributed by atoms with E-state index in [9.17, 15) is 0 Å². The zero-order valence-electron chi connectivity index (χ0n) is 11.8. The minimum absolute atomic E-state index is 0. The minimum atomic E-state index is 0. The van der Waals surface area contributed by atoms with E-state index in [1.807, 2.05) is 0 Å². The topological polar surface area (TPSA) is 81.4 Å². The molecule has 2 heterocycles. The third kappa shape index (κ3) is 2.59. The average Bonchev–Trinajstić information content (AvgIpc) is 2.91. The van der Waals surface area contributed by atoms with Crippen molar-refractivity contribution in [3.05, 3.63) is 11.6 Å². The van der Waals surface area contributed by atoms with Gasteiger partial charge < -0.3 is 10.3 Å². The largest absolute Gasteiger partial charge is 0.368 e. The highest BCUT2D eigenvalue weighted by atomic mass is 15.3. The third-order valence-corrected chi connectivity index (χ3v) is 4.38. The van der Waals surface area contributed by atoms with Crippen LogP contribution in [-0.4, -0.2) is 33.5 Å². The Labute approximate surface area is 120 Å². The van der Waals surface area contributed by atoms with Crippen molar-refractivity contribution in [3.63, 3.8) is 0 Å². The zero-order chi connectivity index (χ0) is 13.9. The van der Waals surface area contributed by atoms with Gasteiger partial charge in [-0.1, -0.05) is 6.42 Å². The van der Waals surface area contributed by atoms with E-state index in [0.29, 0.717) is 11.9 Å². The molecule has 1 aliphatic heterocycles. The van der Waals surface area contributed by atoms with E-state index in [0.717, 1.165) is 43.9 Å². The lowest BCUT2D eigenvalue weighted by Crippen LogP contribution is -2.24. The highest BCUT2D eigenvalue weighted by Crippen LogP contribution is 2.34. The van der Waals surface area contributed by atoms with E-state index < -0.39 is 0 Å². The van der Waals surface area contributed by atoms with Crippen LogP contribution in [0, 0.1) is 0 Å². The van der Waals surface area contributed by atoms with E-state index in [1.54, 1.807) is 0 Å². The summed E-state index contributed by atoms with van der Waals surface area (Å²) in [5.41, 5.74) is 5.67. The monoisotopic (exact) mass is 276 g/mol. The number of nitrogens with zero attached hydrogens (tertiary/aromatic N) is 5. The number of hydrogen-bond donors (Lipinski definition) is 1. The molecule has 2 N–H and O–H groups in total. The normalized spacial score (nSPS) is 27.1. The average molecular weight is 276 g/mol. The number of hydrogen-bond acceptors (Lipinski definition) is 3. The third-order valence-electron chi connectivity index (χ3n) is 4.38. The lowest BCUT2D eigenvalue weighted by molar-refractivity contribution is 0.367. The second-order valence-electron chi connectivity index (χ2n) is 5.75. The number of guanidine groups is 1. The summed E-state index contributed by atoms with van der Waals surface area (Å²) in [6.07, 6.45) is 7.94. The van der Waals surface area contributed by atoms with Crippen LogP contribution in [0.5, 0.6) is 0 Å². The molecule has 1 saturated carbocycles. The Morgan fingerprint density at radius 3 is 3.05 bits per heavy atom. The Kier molecular flexibility index (Phi) is 3.80. The number of rotatable bonds is 2. The Bertz CT molecular complexity index is 524. The first-order valence-electron chi connectivity index (χ1n) is 7.50. The molecular formula is C14H24N6. The molecule has 1 aliphatic carbocycles. The molecule has 0 aromatic carbocycles. The first-order chi connectivity index (χ1) is 9.78. The first-order valence-corrected chi connectivity index (χ1v) is 7.50. The number of fused-ring (bicyclic) bond motifs is 1. The van der Waals surface area contributed by atoms with Gasteiger partial charge in [-0.25, -0.2) is 9.98 Å². The van der Waals surface area contributed by atoms with Gasteiger partial charge in [-0.05, 0) is 38.8 Å². The second-order valence-corrected chi connectivity index (χ2v) is 5.75. The maximum atomic E-state index is 5.67. The molecule has 6 nitrogen and oxygen atoms in total. The molecule has 1 fully saturated rings. The molecule has 3 rings (SSSR count). The van der Waals surface area contributed by atoms with Crippen LogP contribution < -0.4 is 5.73 Å². The van der Waals surface area contributed by atoms with Gasteiger partial charge in [0.1, 0.15) is 11.6 Å². The molecule has 6 heteroatoms. The molecule has 0 amide bonds. The van der Waals surface area contributed by atoms with Gasteiger partial charge >= 0.3 is 0 Å². The van der Waals surface area contributed by atoms with Gasteiger partial charge in [0.15, 0.2) is 0 Å². The highest BCUT2D eigenvalue weighted by molar-refractivity contribution is 5.82. The van der Waals surface area contributed by atoms with Crippen molar-refractivity contribution in [1.29, 1.82) is 0 Å². The standard InChI is InChI=1S/C14H22N6.H2/c1-16-14(15)17-11-6-4-5-10(9-11)13-19-18-12-7-2-3-8-20(12)13;/h10-11H,1-9H2,(H2,15,17);1H/t10-,11+;/m0./s1. The molecule has 0 unspecified atom stereocenters. The van der Waals surface area contributed by atoms with Gasteiger partial charge in [0.05, 0.1) is 6.04 Å². The fourth-order valence-electron chi connectivity index (χ4n) is 3.38. The Morgan fingerprint density at radius 1 is 1.30 bits per heavy atom. The molecule has 2 aliphatic rings. The van der Waals surface area contributed by atoms with Crippen LogP contribution in [0.15, 0.2) is 9.98 Å². The smallest absolute Gasteiger partial charge is 0.214 e. The predicted molar refractivity (Wildman–Crippen MR) is 81.2 cm³/mol. The number of nitrogens with two attached hydrogens (primary N) is 1. The summed E-state index contributed by atoms with van der Waals surface area (Å²) >= 11 is 0. The van der Waals surface area contributed by atoms with Crippen molar-refractivity contribution in [1.82, 2.24) is 14.8 Å². The minimum Gasteiger partial charge on any atom is -0.368 e.